The number of rotatable bonds is 8. The van der Waals surface area contributed by atoms with Gasteiger partial charge < -0.3 is 10.8 Å². The van der Waals surface area contributed by atoms with Crippen LogP contribution in [-0.2, 0) is 9.59 Å². The third-order valence-electron chi connectivity index (χ3n) is 4.01. The number of carbonyl (C=O) groups is 2. The van der Waals surface area contributed by atoms with Crippen molar-refractivity contribution >= 4 is 33.8 Å². The number of unbranched alkanes of at least 4 members (excludes halogenated alkanes) is 3. The van der Waals surface area contributed by atoms with Crippen LogP contribution in [0.25, 0.3) is 6.08 Å². The van der Waals surface area contributed by atoms with E-state index in [2.05, 4.69) is 15.9 Å². The standard InChI is InChI=1S/C18H23BrN2O3/c19-15-7-5-6-13(11-15)10-14-12-17(23)21(18(14)24)16(22)8-3-1-2-4-9-20/h5-7,10-11,16,22H,1-4,8-9,12,20H2/b14-10+. The number of benzene rings is 1. The van der Waals surface area contributed by atoms with Gasteiger partial charge in [-0.15, -0.1) is 0 Å². The Morgan fingerprint density at radius 2 is 2.00 bits per heavy atom. The van der Waals surface area contributed by atoms with Crippen LogP contribution in [0.1, 0.15) is 44.1 Å². The van der Waals surface area contributed by atoms with Gasteiger partial charge in [-0.05, 0) is 49.6 Å². The van der Waals surface area contributed by atoms with Crippen molar-refractivity contribution < 1.29 is 14.7 Å². The molecule has 0 saturated carbocycles. The molecule has 2 amide bonds. The van der Waals surface area contributed by atoms with Gasteiger partial charge in [0.05, 0.1) is 6.42 Å². The van der Waals surface area contributed by atoms with Crippen molar-refractivity contribution in [1.29, 1.82) is 0 Å². The smallest absolute Gasteiger partial charge is 0.259 e. The van der Waals surface area contributed by atoms with Crippen LogP contribution in [0.4, 0.5) is 0 Å². The lowest BCUT2D eigenvalue weighted by Crippen LogP contribution is -2.39. The lowest BCUT2D eigenvalue weighted by molar-refractivity contribution is -0.148. The minimum absolute atomic E-state index is 0.0373. The summed E-state index contributed by atoms with van der Waals surface area (Å²) in [6, 6.07) is 7.50. The van der Waals surface area contributed by atoms with Gasteiger partial charge in [0.25, 0.3) is 5.91 Å². The molecule has 0 bridgehead atoms. The van der Waals surface area contributed by atoms with Crippen molar-refractivity contribution in [1.82, 2.24) is 4.90 Å². The van der Waals surface area contributed by atoms with Gasteiger partial charge >= 0.3 is 0 Å². The number of imide groups is 1. The summed E-state index contributed by atoms with van der Waals surface area (Å²) in [7, 11) is 0. The minimum atomic E-state index is -1.05. The quantitative estimate of drug-likeness (QED) is 0.403. The van der Waals surface area contributed by atoms with E-state index in [9.17, 15) is 14.7 Å². The molecule has 1 aromatic carbocycles. The summed E-state index contributed by atoms with van der Waals surface area (Å²) in [6.45, 7) is 0.662. The SMILES string of the molecule is NCCCCCCC(O)N1C(=O)C/C(=C\c2cccc(Br)c2)C1=O. The summed E-state index contributed by atoms with van der Waals surface area (Å²) < 4.78 is 0.906. The summed E-state index contributed by atoms with van der Waals surface area (Å²) in [5.41, 5.74) is 6.70. The Hall–Kier alpha value is -1.50. The molecule has 6 heteroatoms. The van der Waals surface area contributed by atoms with Crippen molar-refractivity contribution in [3.63, 3.8) is 0 Å². The third-order valence-corrected chi connectivity index (χ3v) is 4.50. The minimum Gasteiger partial charge on any atom is -0.373 e. The van der Waals surface area contributed by atoms with Gasteiger partial charge in [-0.3, -0.25) is 14.5 Å². The maximum absolute atomic E-state index is 12.4. The highest BCUT2D eigenvalue weighted by Crippen LogP contribution is 2.25. The van der Waals surface area contributed by atoms with Gasteiger partial charge in [0.1, 0.15) is 6.23 Å². The number of aliphatic hydroxyl groups excluding tert-OH is 1. The Bertz CT molecular complexity index is 630. The fourth-order valence-electron chi connectivity index (χ4n) is 2.76. The second kappa shape index (κ2) is 9.11. The van der Waals surface area contributed by atoms with Crippen molar-refractivity contribution in [2.75, 3.05) is 6.54 Å². The molecule has 0 radical (unpaired) electrons. The maximum atomic E-state index is 12.4. The highest BCUT2D eigenvalue weighted by atomic mass is 79.9. The number of amides is 2. The highest BCUT2D eigenvalue weighted by molar-refractivity contribution is 9.10. The van der Waals surface area contributed by atoms with Gasteiger partial charge in [-0.2, -0.15) is 0 Å². The molecule has 130 valence electrons. The number of nitrogens with zero attached hydrogens (tertiary/aromatic N) is 1. The van der Waals surface area contributed by atoms with E-state index in [1.165, 1.54) is 0 Å². The zero-order chi connectivity index (χ0) is 17.5. The molecule has 2 rings (SSSR count). The average Bonchev–Trinajstić information content (AvgIpc) is 2.81. The molecule has 0 spiro atoms. The van der Waals surface area contributed by atoms with Crippen LogP contribution in [0, 0.1) is 0 Å². The van der Waals surface area contributed by atoms with E-state index in [-0.39, 0.29) is 12.3 Å². The summed E-state index contributed by atoms with van der Waals surface area (Å²) in [6.07, 6.45) is 4.77. The first kappa shape index (κ1) is 18.8. The molecule has 3 N–H and O–H groups in total. The van der Waals surface area contributed by atoms with Crippen molar-refractivity contribution in [2.45, 2.75) is 44.8 Å². The lowest BCUT2D eigenvalue weighted by atomic mass is 10.1. The molecule has 24 heavy (non-hydrogen) atoms. The molecule has 1 unspecified atom stereocenters. The number of hydrogen-bond acceptors (Lipinski definition) is 4. The molecular formula is C18H23BrN2O3. The molecular weight excluding hydrogens is 372 g/mol. The number of aliphatic hydroxyl groups is 1. The first-order valence-electron chi connectivity index (χ1n) is 8.23. The van der Waals surface area contributed by atoms with E-state index in [0.717, 1.165) is 40.6 Å². The number of nitrogens with two attached hydrogens (primary N) is 1. The average molecular weight is 395 g/mol. The van der Waals surface area contributed by atoms with Gasteiger partial charge in [0.2, 0.25) is 5.91 Å². The van der Waals surface area contributed by atoms with Crippen LogP contribution in [0.15, 0.2) is 34.3 Å². The van der Waals surface area contributed by atoms with E-state index < -0.39 is 12.1 Å². The Morgan fingerprint density at radius 3 is 2.71 bits per heavy atom. The molecule has 0 aromatic heterocycles. The molecule has 1 aliphatic rings. The summed E-state index contributed by atoms with van der Waals surface area (Å²) in [5, 5.41) is 10.2. The van der Waals surface area contributed by atoms with Gasteiger partial charge in [-0.1, -0.05) is 40.9 Å². The Morgan fingerprint density at radius 1 is 1.25 bits per heavy atom. The maximum Gasteiger partial charge on any atom is 0.259 e. The van der Waals surface area contributed by atoms with E-state index in [1.54, 1.807) is 6.08 Å². The fraction of sp³-hybridized carbons (Fsp3) is 0.444. The summed E-state index contributed by atoms with van der Waals surface area (Å²) in [4.78, 5) is 25.5. The van der Waals surface area contributed by atoms with Gasteiger partial charge in [0.15, 0.2) is 0 Å². The normalized spacial score (nSPS) is 17.8. The fourth-order valence-corrected chi connectivity index (χ4v) is 3.17. The number of carbonyl (C=O) groups excluding carboxylic acids is 2. The van der Waals surface area contributed by atoms with Crippen LogP contribution in [-0.4, -0.2) is 34.6 Å². The Kier molecular flexibility index (Phi) is 7.15. The topological polar surface area (TPSA) is 83.6 Å². The van der Waals surface area contributed by atoms with Crippen molar-refractivity contribution in [2.24, 2.45) is 5.73 Å². The highest BCUT2D eigenvalue weighted by Gasteiger charge is 2.37. The van der Waals surface area contributed by atoms with Crippen LogP contribution in [0.3, 0.4) is 0 Å². The predicted molar refractivity (Wildman–Crippen MR) is 96.7 cm³/mol. The molecule has 1 heterocycles. The van der Waals surface area contributed by atoms with Crippen LogP contribution >= 0.6 is 15.9 Å². The van der Waals surface area contributed by atoms with E-state index in [4.69, 9.17) is 5.73 Å². The van der Waals surface area contributed by atoms with Crippen LogP contribution in [0.2, 0.25) is 0 Å². The molecule has 0 aliphatic carbocycles. The molecule has 5 nitrogen and oxygen atoms in total. The first-order chi connectivity index (χ1) is 11.5. The monoisotopic (exact) mass is 394 g/mol. The zero-order valence-corrected chi connectivity index (χ0v) is 15.2. The second-order valence-electron chi connectivity index (χ2n) is 5.94. The van der Waals surface area contributed by atoms with Crippen molar-refractivity contribution in [3.8, 4) is 0 Å². The molecule has 1 aliphatic heterocycles. The number of likely N-dealkylation sites (tertiary alicyclic amines) is 1. The molecule has 1 atom stereocenters. The van der Waals surface area contributed by atoms with Gasteiger partial charge in [-0.25, -0.2) is 0 Å². The lowest BCUT2D eigenvalue weighted by Gasteiger charge is -2.20. The van der Waals surface area contributed by atoms with E-state index in [1.807, 2.05) is 24.3 Å². The van der Waals surface area contributed by atoms with E-state index in [0.29, 0.717) is 18.5 Å². The zero-order valence-electron chi connectivity index (χ0n) is 13.6. The van der Waals surface area contributed by atoms with Crippen molar-refractivity contribution in [3.05, 3.63) is 39.9 Å². The van der Waals surface area contributed by atoms with Crippen LogP contribution in [0.5, 0.6) is 0 Å². The van der Waals surface area contributed by atoms with E-state index >= 15 is 0 Å². The Labute approximate surface area is 150 Å². The van der Waals surface area contributed by atoms with Crippen LogP contribution < -0.4 is 5.73 Å². The third kappa shape index (κ3) is 5.00. The molecule has 1 fully saturated rings. The molecule has 1 saturated heterocycles. The largest absolute Gasteiger partial charge is 0.373 e. The summed E-state index contributed by atoms with van der Waals surface area (Å²) >= 11 is 3.38. The number of hydrogen-bond donors (Lipinski definition) is 2. The predicted octanol–water partition coefficient (Wildman–Crippen LogP) is 2.82. The van der Waals surface area contributed by atoms with Gasteiger partial charge in [0, 0.05) is 10.0 Å². The molecule has 1 aromatic rings. The summed E-state index contributed by atoms with van der Waals surface area (Å²) in [5.74, 6) is -0.731. The first-order valence-corrected chi connectivity index (χ1v) is 9.03. The Balaban J connectivity index is 1.98. The number of halogens is 1. The second-order valence-corrected chi connectivity index (χ2v) is 6.86.